The molecule has 0 spiro atoms. The molecule has 0 bridgehead atoms. The maximum atomic E-state index is 12.4. The number of likely N-dealkylation sites (tertiary alicyclic amines) is 1. The molecule has 1 saturated heterocycles. The van der Waals surface area contributed by atoms with Gasteiger partial charge in [0, 0.05) is 12.5 Å². The number of rotatable bonds is 8. The lowest BCUT2D eigenvalue weighted by molar-refractivity contribution is -0.0498. The number of hydrogen-bond acceptors (Lipinski definition) is 3. The SMILES string of the molecule is CN1CCCC(COc2ccccc2CCc2cccc(OC(F)F)c2)C1.Cl. The van der Waals surface area contributed by atoms with Crippen LogP contribution in [0.25, 0.3) is 0 Å². The van der Waals surface area contributed by atoms with E-state index in [9.17, 15) is 8.78 Å². The van der Waals surface area contributed by atoms with Crippen LogP contribution in [-0.4, -0.2) is 38.3 Å². The monoisotopic (exact) mass is 411 g/mol. The second kappa shape index (κ2) is 11.2. The first-order valence-electron chi connectivity index (χ1n) is 9.53. The molecule has 1 aliphatic heterocycles. The van der Waals surface area contributed by atoms with Gasteiger partial charge in [0.1, 0.15) is 11.5 Å². The van der Waals surface area contributed by atoms with Crippen molar-refractivity contribution >= 4 is 12.4 Å². The average molecular weight is 412 g/mol. The van der Waals surface area contributed by atoms with Crippen LogP contribution in [0.1, 0.15) is 24.0 Å². The molecule has 2 aromatic rings. The van der Waals surface area contributed by atoms with Gasteiger partial charge in [-0.1, -0.05) is 30.3 Å². The van der Waals surface area contributed by atoms with E-state index in [0.717, 1.165) is 42.9 Å². The van der Waals surface area contributed by atoms with Crippen LogP contribution >= 0.6 is 12.4 Å². The van der Waals surface area contributed by atoms with Gasteiger partial charge in [0.05, 0.1) is 6.61 Å². The lowest BCUT2D eigenvalue weighted by Gasteiger charge is -2.29. The molecule has 0 aromatic heterocycles. The zero-order valence-corrected chi connectivity index (χ0v) is 17.0. The summed E-state index contributed by atoms with van der Waals surface area (Å²) >= 11 is 0. The summed E-state index contributed by atoms with van der Waals surface area (Å²) in [5.74, 6) is 1.69. The quantitative estimate of drug-likeness (QED) is 0.594. The fourth-order valence-electron chi connectivity index (χ4n) is 3.62. The van der Waals surface area contributed by atoms with Crippen LogP contribution < -0.4 is 9.47 Å². The van der Waals surface area contributed by atoms with E-state index in [-0.39, 0.29) is 18.2 Å². The first kappa shape index (κ1) is 22.4. The minimum atomic E-state index is -2.80. The van der Waals surface area contributed by atoms with Crippen molar-refractivity contribution < 1.29 is 18.3 Å². The summed E-state index contributed by atoms with van der Waals surface area (Å²) in [5, 5.41) is 0. The number of halogens is 3. The molecule has 1 heterocycles. The van der Waals surface area contributed by atoms with Crippen molar-refractivity contribution in [3.05, 3.63) is 59.7 Å². The highest BCUT2D eigenvalue weighted by atomic mass is 35.5. The molecule has 1 aliphatic rings. The predicted octanol–water partition coefficient (Wildman–Crippen LogP) is 5.22. The molecular formula is C22H28ClF2NO2. The topological polar surface area (TPSA) is 21.7 Å². The van der Waals surface area contributed by atoms with Crippen molar-refractivity contribution in [1.29, 1.82) is 0 Å². The summed E-state index contributed by atoms with van der Waals surface area (Å²) in [6, 6.07) is 15.0. The van der Waals surface area contributed by atoms with E-state index >= 15 is 0 Å². The molecule has 6 heteroatoms. The average Bonchev–Trinajstić information content (AvgIpc) is 2.65. The molecule has 2 aromatic carbocycles. The molecule has 0 aliphatic carbocycles. The largest absolute Gasteiger partial charge is 0.493 e. The first-order valence-corrected chi connectivity index (χ1v) is 9.53. The Hall–Kier alpha value is -1.85. The van der Waals surface area contributed by atoms with Crippen molar-refractivity contribution in [2.45, 2.75) is 32.3 Å². The normalized spacial score (nSPS) is 17.2. The molecule has 154 valence electrons. The highest BCUT2D eigenvalue weighted by molar-refractivity contribution is 5.85. The maximum absolute atomic E-state index is 12.4. The molecule has 3 rings (SSSR count). The van der Waals surface area contributed by atoms with Crippen molar-refractivity contribution in [2.75, 3.05) is 26.7 Å². The van der Waals surface area contributed by atoms with E-state index in [1.807, 2.05) is 24.3 Å². The van der Waals surface area contributed by atoms with Crippen molar-refractivity contribution in [1.82, 2.24) is 4.90 Å². The zero-order valence-electron chi connectivity index (χ0n) is 16.2. The van der Waals surface area contributed by atoms with Crippen LogP contribution in [0.4, 0.5) is 8.78 Å². The summed E-state index contributed by atoms with van der Waals surface area (Å²) in [6.45, 7) is 0.188. The van der Waals surface area contributed by atoms with Gasteiger partial charge in [-0.15, -0.1) is 12.4 Å². The lowest BCUT2D eigenvalue weighted by atomic mass is 9.99. The Balaban J connectivity index is 0.00000280. The summed E-state index contributed by atoms with van der Waals surface area (Å²) < 4.78 is 35.4. The Kier molecular flexibility index (Phi) is 9.00. The third-order valence-corrected chi connectivity index (χ3v) is 4.98. The predicted molar refractivity (Wildman–Crippen MR) is 110 cm³/mol. The number of benzene rings is 2. The number of alkyl halides is 2. The number of ether oxygens (including phenoxy) is 2. The molecule has 0 amide bonds. The van der Waals surface area contributed by atoms with Gasteiger partial charge in [0.15, 0.2) is 0 Å². The second-order valence-electron chi connectivity index (χ2n) is 7.22. The smallest absolute Gasteiger partial charge is 0.387 e. The van der Waals surface area contributed by atoms with Gasteiger partial charge in [-0.2, -0.15) is 8.78 Å². The molecule has 0 radical (unpaired) electrons. The van der Waals surface area contributed by atoms with Gasteiger partial charge < -0.3 is 14.4 Å². The Bertz CT molecular complexity index is 729. The summed E-state index contributed by atoms with van der Waals surface area (Å²) in [5.41, 5.74) is 2.11. The van der Waals surface area contributed by atoms with Crippen LogP contribution in [0.15, 0.2) is 48.5 Å². The number of para-hydroxylation sites is 1. The van der Waals surface area contributed by atoms with Crippen molar-refractivity contribution in [2.24, 2.45) is 5.92 Å². The van der Waals surface area contributed by atoms with E-state index in [4.69, 9.17) is 4.74 Å². The van der Waals surface area contributed by atoms with Crippen LogP contribution in [0.2, 0.25) is 0 Å². The minimum absolute atomic E-state index is 0. The molecule has 1 unspecified atom stereocenters. The molecule has 1 atom stereocenters. The third kappa shape index (κ3) is 6.95. The van der Waals surface area contributed by atoms with E-state index < -0.39 is 6.61 Å². The molecule has 0 saturated carbocycles. The van der Waals surface area contributed by atoms with Crippen molar-refractivity contribution in [3.63, 3.8) is 0 Å². The van der Waals surface area contributed by atoms with E-state index in [1.54, 1.807) is 18.2 Å². The van der Waals surface area contributed by atoms with Crippen LogP contribution in [0.3, 0.4) is 0 Å². The fraction of sp³-hybridized carbons (Fsp3) is 0.455. The number of piperidine rings is 1. The van der Waals surface area contributed by atoms with Crippen LogP contribution in [0, 0.1) is 5.92 Å². The Labute approximate surface area is 172 Å². The number of nitrogens with zero attached hydrogens (tertiary/aromatic N) is 1. The Morgan fingerprint density at radius 2 is 1.93 bits per heavy atom. The standard InChI is InChI=1S/C22H27F2NO2.ClH/c1-25-13-5-7-18(15-25)16-26-21-10-3-2-8-19(21)12-11-17-6-4-9-20(14-17)27-22(23)24;/h2-4,6,8-10,14,18,22H,5,7,11-13,15-16H2,1H3;1H. The van der Waals surface area contributed by atoms with E-state index in [0.29, 0.717) is 5.92 Å². The number of hydrogen-bond donors (Lipinski definition) is 0. The maximum Gasteiger partial charge on any atom is 0.387 e. The van der Waals surface area contributed by atoms with Gasteiger partial charge in [0.2, 0.25) is 0 Å². The summed E-state index contributed by atoms with van der Waals surface area (Å²) in [4.78, 5) is 2.36. The molecule has 0 N–H and O–H groups in total. The highest BCUT2D eigenvalue weighted by Crippen LogP contribution is 2.24. The lowest BCUT2D eigenvalue weighted by Crippen LogP contribution is -2.34. The summed E-state index contributed by atoms with van der Waals surface area (Å²) in [7, 11) is 2.16. The highest BCUT2D eigenvalue weighted by Gasteiger charge is 2.18. The zero-order chi connectivity index (χ0) is 19.1. The van der Waals surface area contributed by atoms with Gasteiger partial charge in [-0.3, -0.25) is 0 Å². The summed E-state index contributed by atoms with van der Waals surface area (Å²) in [6.07, 6.45) is 3.97. The van der Waals surface area contributed by atoms with Crippen LogP contribution in [-0.2, 0) is 12.8 Å². The third-order valence-electron chi connectivity index (χ3n) is 4.98. The van der Waals surface area contributed by atoms with Gasteiger partial charge >= 0.3 is 6.61 Å². The molecule has 28 heavy (non-hydrogen) atoms. The fourth-order valence-corrected chi connectivity index (χ4v) is 3.62. The van der Waals surface area contributed by atoms with Gasteiger partial charge in [-0.05, 0) is 68.6 Å². The minimum Gasteiger partial charge on any atom is -0.493 e. The Morgan fingerprint density at radius 3 is 2.71 bits per heavy atom. The second-order valence-corrected chi connectivity index (χ2v) is 7.22. The molecule has 3 nitrogen and oxygen atoms in total. The molecular weight excluding hydrogens is 384 g/mol. The van der Waals surface area contributed by atoms with E-state index in [2.05, 4.69) is 22.8 Å². The number of aryl methyl sites for hydroxylation is 2. The van der Waals surface area contributed by atoms with Crippen molar-refractivity contribution in [3.8, 4) is 11.5 Å². The van der Waals surface area contributed by atoms with Crippen LogP contribution in [0.5, 0.6) is 11.5 Å². The van der Waals surface area contributed by atoms with E-state index in [1.165, 1.54) is 19.4 Å². The Morgan fingerprint density at radius 1 is 1.11 bits per heavy atom. The molecule has 1 fully saturated rings. The first-order chi connectivity index (χ1) is 13.1. The van der Waals surface area contributed by atoms with Gasteiger partial charge in [-0.25, -0.2) is 0 Å². The van der Waals surface area contributed by atoms with Gasteiger partial charge in [0.25, 0.3) is 0 Å².